The van der Waals surface area contributed by atoms with Crippen molar-refractivity contribution in [2.45, 2.75) is 6.42 Å². The molecule has 0 unspecified atom stereocenters. The first-order valence-electron chi connectivity index (χ1n) is 5.57. The van der Waals surface area contributed by atoms with Gasteiger partial charge in [0.05, 0.1) is 17.8 Å². The number of nitrogens with two attached hydrogens (primary N) is 1. The highest BCUT2D eigenvalue weighted by atomic mass is 16.3. The van der Waals surface area contributed by atoms with Gasteiger partial charge in [-0.2, -0.15) is 0 Å². The number of nitrogen functional groups attached to an aromatic ring is 1. The van der Waals surface area contributed by atoms with E-state index in [-0.39, 0.29) is 18.1 Å². The van der Waals surface area contributed by atoms with Gasteiger partial charge in [0.15, 0.2) is 0 Å². The van der Waals surface area contributed by atoms with Crippen LogP contribution in [-0.4, -0.2) is 11.0 Å². The molecule has 0 aliphatic heterocycles. The average Bonchev–Trinajstić information content (AvgIpc) is 2.35. The predicted octanol–water partition coefficient (Wildman–Crippen LogP) is 2.16. The van der Waals surface area contributed by atoms with Crippen LogP contribution in [0.2, 0.25) is 0 Å². The summed E-state index contributed by atoms with van der Waals surface area (Å²) >= 11 is 0. The lowest BCUT2D eigenvalue weighted by Gasteiger charge is -2.07. The largest absolute Gasteiger partial charge is 0.508 e. The van der Waals surface area contributed by atoms with Gasteiger partial charge >= 0.3 is 0 Å². The summed E-state index contributed by atoms with van der Waals surface area (Å²) < 4.78 is 0. The van der Waals surface area contributed by atoms with Crippen molar-refractivity contribution in [3.63, 3.8) is 0 Å². The lowest BCUT2D eigenvalue weighted by Crippen LogP contribution is -2.15. The van der Waals surface area contributed by atoms with Gasteiger partial charge in [-0.3, -0.25) is 4.79 Å². The Labute approximate surface area is 105 Å². The first-order valence-corrected chi connectivity index (χ1v) is 5.57. The molecule has 0 atom stereocenters. The molecule has 2 aromatic carbocycles. The van der Waals surface area contributed by atoms with Crippen LogP contribution in [0.1, 0.15) is 5.56 Å². The summed E-state index contributed by atoms with van der Waals surface area (Å²) in [6.45, 7) is 0. The number of carbonyl (C=O) groups excluding carboxylic acids is 1. The second kappa shape index (κ2) is 5.23. The third kappa shape index (κ3) is 3.01. The molecule has 2 aromatic rings. The zero-order valence-corrected chi connectivity index (χ0v) is 9.76. The van der Waals surface area contributed by atoms with Gasteiger partial charge in [-0.15, -0.1) is 0 Å². The Hall–Kier alpha value is -2.49. The highest BCUT2D eigenvalue weighted by molar-refractivity contribution is 5.95. The monoisotopic (exact) mass is 242 g/mol. The average molecular weight is 242 g/mol. The molecule has 0 spiro atoms. The van der Waals surface area contributed by atoms with Crippen molar-refractivity contribution in [3.05, 3.63) is 54.1 Å². The second-order valence-corrected chi connectivity index (χ2v) is 3.98. The Morgan fingerprint density at radius 3 is 2.44 bits per heavy atom. The van der Waals surface area contributed by atoms with Gasteiger partial charge in [0.25, 0.3) is 0 Å². The van der Waals surface area contributed by atoms with Gasteiger partial charge in [0.2, 0.25) is 5.91 Å². The molecule has 0 saturated carbocycles. The van der Waals surface area contributed by atoms with Crippen molar-refractivity contribution in [3.8, 4) is 5.75 Å². The van der Waals surface area contributed by atoms with Gasteiger partial charge < -0.3 is 16.2 Å². The van der Waals surface area contributed by atoms with Crippen molar-refractivity contribution < 1.29 is 9.90 Å². The molecular weight excluding hydrogens is 228 g/mol. The Kier molecular flexibility index (Phi) is 3.48. The van der Waals surface area contributed by atoms with Crippen LogP contribution in [-0.2, 0) is 11.2 Å². The van der Waals surface area contributed by atoms with Gasteiger partial charge in [-0.25, -0.2) is 0 Å². The van der Waals surface area contributed by atoms with E-state index < -0.39 is 0 Å². The first-order chi connectivity index (χ1) is 8.65. The maximum atomic E-state index is 11.8. The van der Waals surface area contributed by atoms with Crippen LogP contribution in [0.15, 0.2) is 48.5 Å². The summed E-state index contributed by atoms with van der Waals surface area (Å²) in [5.41, 5.74) is 7.72. The van der Waals surface area contributed by atoms with Gasteiger partial charge in [0, 0.05) is 0 Å². The van der Waals surface area contributed by atoms with Crippen LogP contribution in [0.25, 0.3) is 0 Å². The van der Waals surface area contributed by atoms with Gasteiger partial charge in [-0.05, 0) is 29.8 Å². The van der Waals surface area contributed by atoms with Crippen LogP contribution in [0, 0.1) is 0 Å². The topological polar surface area (TPSA) is 75.3 Å². The SMILES string of the molecule is Nc1ccccc1NC(=O)Cc1ccc(O)cc1. The standard InChI is InChI=1S/C14H14N2O2/c15-12-3-1-2-4-13(12)16-14(18)9-10-5-7-11(17)8-6-10/h1-8,17H,9,15H2,(H,16,18). The molecule has 0 heterocycles. The molecule has 1 amide bonds. The number of phenols is 1. The third-order valence-electron chi connectivity index (χ3n) is 2.54. The van der Waals surface area contributed by atoms with Crippen molar-refractivity contribution in [1.82, 2.24) is 0 Å². The normalized spacial score (nSPS) is 10.0. The molecule has 2 rings (SSSR count). The van der Waals surface area contributed by atoms with E-state index in [4.69, 9.17) is 10.8 Å². The van der Waals surface area contributed by atoms with Crippen molar-refractivity contribution >= 4 is 17.3 Å². The minimum absolute atomic E-state index is 0.140. The van der Waals surface area contributed by atoms with Crippen molar-refractivity contribution in [2.24, 2.45) is 0 Å². The zero-order chi connectivity index (χ0) is 13.0. The number of rotatable bonds is 3. The lowest BCUT2D eigenvalue weighted by atomic mass is 10.1. The van der Waals surface area contributed by atoms with E-state index in [1.807, 2.05) is 12.1 Å². The summed E-state index contributed by atoms with van der Waals surface area (Å²) in [6, 6.07) is 13.6. The van der Waals surface area contributed by atoms with Crippen LogP contribution >= 0.6 is 0 Å². The molecule has 92 valence electrons. The van der Waals surface area contributed by atoms with Crippen LogP contribution in [0.3, 0.4) is 0 Å². The molecule has 0 aromatic heterocycles. The molecule has 18 heavy (non-hydrogen) atoms. The smallest absolute Gasteiger partial charge is 0.228 e. The van der Waals surface area contributed by atoms with Crippen molar-refractivity contribution in [2.75, 3.05) is 11.1 Å². The molecule has 4 nitrogen and oxygen atoms in total. The molecule has 4 N–H and O–H groups in total. The van der Waals surface area contributed by atoms with E-state index in [1.165, 1.54) is 0 Å². The van der Waals surface area contributed by atoms with E-state index in [1.54, 1.807) is 36.4 Å². The minimum Gasteiger partial charge on any atom is -0.508 e. The predicted molar refractivity (Wildman–Crippen MR) is 71.3 cm³/mol. The highest BCUT2D eigenvalue weighted by Gasteiger charge is 2.05. The number of carbonyl (C=O) groups is 1. The molecule has 4 heteroatoms. The second-order valence-electron chi connectivity index (χ2n) is 3.98. The first kappa shape index (κ1) is 12.0. The van der Waals surface area contributed by atoms with Gasteiger partial charge in [0.1, 0.15) is 5.75 Å². The molecular formula is C14H14N2O2. The number of anilines is 2. The number of nitrogens with one attached hydrogen (secondary N) is 1. The molecule has 0 radical (unpaired) electrons. The fourth-order valence-corrected chi connectivity index (χ4v) is 1.60. The van der Waals surface area contributed by atoms with Gasteiger partial charge in [-0.1, -0.05) is 24.3 Å². The van der Waals surface area contributed by atoms with E-state index in [9.17, 15) is 4.79 Å². The Balaban J connectivity index is 2.01. The summed E-state index contributed by atoms with van der Waals surface area (Å²) in [7, 11) is 0. The summed E-state index contributed by atoms with van der Waals surface area (Å²) in [5.74, 6) is 0.0463. The van der Waals surface area contributed by atoms with E-state index in [0.717, 1.165) is 5.56 Å². The van der Waals surface area contributed by atoms with E-state index >= 15 is 0 Å². The fourth-order valence-electron chi connectivity index (χ4n) is 1.60. The van der Waals surface area contributed by atoms with Crippen molar-refractivity contribution in [1.29, 1.82) is 0 Å². The molecule has 0 aliphatic rings. The molecule has 0 fully saturated rings. The zero-order valence-electron chi connectivity index (χ0n) is 9.76. The summed E-state index contributed by atoms with van der Waals surface area (Å²) in [5, 5.41) is 11.9. The number of phenolic OH excluding ortho intramolecular Hbond substituents is 1. The van der Waals surface area contributed by atoms with Crippen LogP contribution in [0.4, 0.5) is 11.4 Å². The maximum absolute atomic E-state index is 11.8. The lowest BCUT2D eigenvalue weighted by molar-refractivity contribution is -0.115. The van der Waals surface area contributed by atoms with E-state index in [2.05, 4.69) is 5.32 Å². The Morgan fingerprint density at radius 2 is 1.78 bits per heavy atom. The Morgan fingerprint density at radius 1 is 1.11 bits per heavy atom. The number of benzene rings is 2. The quantitative estimate of drug-likeness (QED) is 0.722. The van der Waals surface area contributed by atoms with Crippen LogP contribution in [0.5, 0.6) is 5.75 Å². The third-order valence-corrected chi connectivity index (χ3v) is 2.54. The number of hydrogen-bond donors (Lipinski definition) is 3. The molecule has 0 aliphatic carbocycles. The number of amides is 1. The Bertz CT molecular complexity index is 550. The highest BCUT2D eigenvalue weighted by Crippen LogP contribution is 2.17. The molecule has 0 saturated heterocycles. The minimum atomic E-state index is -0.140. The number of aromatic hydroxyl groups is 1. The number of para-hydroxylation sites is 2. The number of hydrogen-bond acceptors (Lipinski definition) is 3. The maximum Gasteiger partial charge on any atom is 0.228 e. The molecule has 0 bridgehead atoms. The van der Waals surface area contributed by atoms with Crippen LogP contribution < -0.4 is 11.1 Å². The summed E-state index contributed by atoms with van der Waals surface area (Å²) in [4.78, 5) is 11.8. The fraction of sp³-hybridized carbons (Fsp3) is 0.0714. The van der Waals surface area contributed by atoms with E-state index in [0.29, 0.717) is 11.4 Å². The summed E-state index contributed by atoms with van der Waals surface area (Å²) in [6.07, 6.45) is 0.245.